The van der Waals surface area contributed by atoms with Crippen molar-refractivity contribution >= 4 is 41.0 Å². The molecule has 1 aliphatic carbocycles. The van der Waals surface area contributed by atoms with E-state index in [0.29, 0.717) is 29.3 Å². The number of aliphatic carboxylic acids is 1. The van der Waals surface area contributed by atoms with Gasteiger partial charge in [0.2, 0.25) is 5.91 Å². The normalized spacial score (nSPS) is 19.3. The minimum Gasteiger partial charge on any atom is -0.481 e. The average molecular weight is 406 g/mol. The van der Waals surface area contributed by atoms with Gasteiger partial charge in [-0.05, 0) is 42.9 Å². The Hall–Kier alpha value is -2.14. The number of carbonyl (C=O) groups excluding carboxylic acids is 2. The second-order valence-electron chi connectivity index (χ2n) is 7.40. The number of amides is 1. The predicted molar refractivity (Wildman–Crippen MR) is 111 cm³/mol. The van der Waals surface area contributed by atoms with Crippen LogP contribution >= 0.6 is 11.6 Å². The maximum atomic E-state index is 12.2. The summed E-state index contributed by atoms with van der Waals surface area (Å²) in [6, 6.07) is 5.39. The van der Waals surface area contributed by atoms with E-state index >= 15 is 0 Å². The van der Waals surface area contributed by atoms with Crippen LogP contribution < -0.4 is 5.32 Å². The third kappa shape index (κ3) is 7.12. The third-order valence-corrected chi connectivity index (χ3v) is 5.48. The lowest BCUT2D eigenvalue weighted by atomic mass is 9.89. The first-order valence-corrected chi connectivity index (χ1v) is 10.2. The summed E-state index contributed by atoms with van der Waals surface area (Å²) < 4.78 is 0. The van der Waals surface area contributed by atoms with Crippen molar-refractivity contribution < 1.29 is 19.5 Å². The highest BCUT2D eigenvalue weighted by atomic mass is 35.5. The fourth-order valence-electron chi connectivity index (χ4n) is 3.70. The van der Waals surface area contributed by atoms with Gasteiger partial charge in [-0.15, -0.1) is 0 Å². The molecule has 0 bridgehead atoms. The molecule has 2 N–H and O–H groups in total. The maximum Gasteiger partial charge on any atom is 0.303 e. The number of allylic oxidation sites excluding steroid dienone is 1. The molecular formula is C22H28ClNO4. The molecule has 1 aromatic carbocycles. The number of unbranched alkanes of at least 4 members (excludes halogenated alkanes) is 3. The molecule has 152 valence electrons. The molecule has 1 amide bonds. The third-order valence-electron chi connectivity index (χ3n) is 5.15. The van der Waals surface area contributed by atoms with E-state index in [2.05, 4.69) is 11.4 Å². The van der Waals surface area contributed by atoms with E-state index in [-0.39, 0.29) is 24.2 Å². The molecule has 0 aromatic heterocycles. The maximum absolute atomic E-state index is 12.2. The van der Waals surface area contributed by atoms with Crippen molar-refractivity contribution in [3.05, 3.63) is 34.9 Å². The molecular weight excluding hydrogens is 378 g/mol. The zero-order chi connectivity index (χ0) is 20.5. The van der Waals surface area contributed by atoms with Gasteiger partial charge in [-0.1, -0.05) is 49.1 Å². The minimum atomic E-state index is -0.750. The van der Waals surface area contributed by atoms with Gasteiger partial charge in [-0.25, -0.2) is 0 Å². The Kier molecular flexibility index (Phi) is 8.71. The molecule has 28 heavy (non-hydrogen) atoms. The lowest BCUT2D eigenvalue weighted by Crippen LogP contribution is -2.13. The van der Waals surface area contributed by atoms with Crippen LogP contribution in [0, 0.1) is 11.8 Å². The molecule has 0 radical (unpaired) electrons. The Labute approximate surface area is 171 Å². The Balaban J connectivity index is 1.88. The molecule has 0 heterocycles. The summed E-state index contributed by atoms with van der Waals surface area (Å²) in [7, 11) is 0. The number of carboxylic acids is 1. The number of halogens is 1. The van der Waals surface area contributed by atoms with Crippen molar-refractivity contribution in [1.29, 1.82) is 0 Å². The number of Topliss-reactive ketones (excluding diaryl/α,β-unsaturated/α-hetero) is 1. The number of ketones is 1. The van der Waals surface area contributed by atoms with Gasteiger partial charge in [0.15, 0.2) is 0 Å². The standard InChI is InChI=1S/C22H28ClNO4/c1-15(25)24-18-12-10-17(20(23)14-18)9-8-16-11-13-21(26)19(16)6-4-2-3-5-7-22(27)28/h8-10,12,14,16,19H,2-7,11,13H2,1H3,(H,24,25)(H,27,28)/b9-8+. The minimum absolute atomic E-state index is 0.0492. The largest absolute Gasteiger partial charge is 0.481 e. The van der Waals surface area contributed by atoms with Gasteiger partial charge in [-0.2, -0.15) is 0 Å². The monoisotopic (exact) mass is 405 g/mol. The van der Waals surface area contributed by atoms with Crippen LogP contribution in [0.2, 0.25) is 5.02 Å². The van der Waals surface area contributed by atoms with Crippen LogP contribution in [-0.4, -0.2) is 22.8 Å². The molecule has 1 saturated carbocycles. The van der Waals surface area contributed by atoms with Crippen LogP contribution in [0.1, 0.15) is 63.9 Å². The smallest absolute Gasteiger partial charge is 0.303 e. The van der Waals surface area contributed by atoms with Crippen molar-refractivity contribution in [3.63, 3.8) is 0 Å². The predicted octanol–water partition coefficient (Wildman–Crippen LogP) is 5.33. The van der Waals surface area contributed by atoms with Crippen molar-refractivity contribution in [2.45, 2.75) is 58.3 Å². The Morgan fingerprint density at radius 3 is 2.68 bits per heavy atom. The number of anilines is 1. The SMILES string of the molecule is CC(=O)Nc1ccc(/C=C/C2CCC(=O)C2CCCCCCC(=O)O)c(Cl)c1. The second-order valence-corrected chi connectivity index (χ2v) is 7.81. The fraction of sp³-hybridized carbons (Fsp3) is 0.500. The van der Waals surface area contributed by atoms with Gasteiger partial charge >= 0.3 is 5.97 Å². The summed E-state index contributed by atoms with van der Waals surface area (Å²) in [5, 5.41) is 11.9. The summed E-state index contributed by atoms with van der Waals surface area (Å²) in [4.78, 5) is 33.9. The van der Waals surface area contributed by atoms with Crippen LogP contribution in [0.3, 0.4) is 0 Å². The molecule has 1 aliphatic rings. The van der Waals surface area contributed by atoms with E-state index in [9.17, 15) is 14.4 Å². The first-order chi connectivity index (χ1) is 13.4. The number of benzene rings is 1. The van der Waals surface area contributed by atoms with Crippen molar-refractivity contribution in [1.82, 2.24) is 0 Å². The van der Waals surface area contributed by atoms with Crippen LogP contribution in [0.5, 0.6) is 0 Å². The van der Waals surface area contributed by atoms with Gasteiger partial charge in [0.25, 0.3) is 0 Å². The summed E-state index contributed by atoms with van der Waals surface area (Å²) in [5.41, 5.74) is 1.52. The van der Waals surface area contributed by atoms with Crippen LogP contribution in [-0.2, 0) is 14.4 Å². The molecule has 5 nitrogen and oxygen atoms in total. The Morgan fingerprint density at radius 1 is 1.25 bits per heavy atom. The lowest BCUT2D eigenvalue weighted by Gasteiger charge is -2.15. The van der Waals surface area contributed by atoms with Gasteiger partial charge in [-0.3, -0.25) is 14.4 Å². The van der Waals surface area contributed by atoms with Gasteiger partial charge in [0, 0.05) is 36.4 Å². The summed E-state index contributed by atoms with van der Waals surface area (Å²) in [6.07, 6.45) is 10.1. The number of hydrogen-bond donors (Lipinski definition) is 2. The number of carbonyl (C=O) groups is 3. The molecule has 1 fully saturated rings. The molecule has 0 saturated heterocycles. The summed E-state index contributed by atoms with van der Waals surface area (Å²) in [5.74, 6) is -0.299. The number of hydrogen-bond acceptors (Lipinski definition) is 3. The quantitative estimate of drug-likeness (QED) is 0.515. The lowest BCUT2D eigenvalue weighted by molar-refractivity contribution is -0.137. The first-order valence-electron chi connectivity index (χ1n) is 9.86. The zero-order valence-electron chi connectivity index (χ0n) is 16.2. The summed E-state index contributed by atoms with van der Waals surface area (Å²) >= 11 is 6.31. The number of nitrogens with one attached hydrogen (secondary N) is 1. The topological polar surface area (TPSA) is 83.5 Å². The van der Waals surface area contributed by atoms with E-state index in [1.165, 1.54) is 6.92 Å². The van der Waals surface area contributed by atoms with E-state index in [0.717, 1.165) is 37.7 Å². The highest BCUT2D eigenvalue weighted by Crippen LogP contribution is 2.35. The van der Waals surface area contributed by atoms with Gasteiger partial charge in [0.05, 0.1) is 0 Å². The summed E-state index contributed by atoms with van der Waals surface area (Å²) in [6.45, 7) is 1.45. The number of rotatable bonds is 10. The Bertz CT molecular complexity index is 744. The average Bonchev–Trinajstić information content (AvgIpc) is 2.96. The van der Waals surface area contributed by atoms with Crippen LogP contribution in [0.25, 0.3) is 6.08 Å². The van der Waals surface area contributed by atoms with Gasteiger partial charge < -0.3 is 10.4 Å². The number of carboxylic acid groups (broad SMARTS) is 1. The van der Waals surface area contributed by atoms with E-state index in [1.54, 1.807) is 12.1 Å². The highest BCUT2D eigenvalue weighted by molar-refractivity contribution is 6.32. The molecule has 0 spiro atoms. The Morgan fingerprint density at radius 2 is 2.00 bits per heavy atom. The molecule has 2 atom stereocenters. The van der Waals surface area contributed by atoms with Crippen LogP contribution in [0.4, 0.5) is 5.69 Å². The van der Waals surface area contributed by atoms with E-state index < -0.39 is 5.97 Å². The fourth-order valence-corrected chi connectivity index (χ4v) is 3.95. The van der Waals surface area contributed by atoms with E-state index in [4.69, 9.17) is 16.7 Å². The molecule has 0 aliphatic heterocycles. The molecule has 1 aromatic rings. The first kappa shape index (κ1) is 22.2. The van der Waals surface area contributed by atoms with Crippen molar-refractivity contribution in [3.8, 4) is 0 Å². The van der Waals surface area contributed by atoms with Crippen molar-refractivity contribution in [2.24, 2.45) is 11.8 Å². The van der Waals surface area contributed by atoms with Gasteiger partial charge in [0.1, 0.15) is 5.78 Å². The molecule has 2 unspecified atom stereocenters. The van der Waals surface area contributed by atoms with E-state index in [1.807, 2.05) is 12.1 Å². The second kappa shape index (κ2) is 11.0. The highest BCUT2D eigenvalue weighted by Gasteiger charge is 2.32. The van der Waals surface area contributed by atoms with Crippen molar-refractivity contribution in [2.75, 3.05) is 5.32 Å². The van der Waals surface area contributed by atoms with Crippen LogP contribution in [0.15, 0.2) is 24.3 Å². The zero-order valence-corrected chi connectivity index (χ0v) is 17.0. The molecule has 2 rings (SSSR count). The molecule has 6 heteroatoms.